The van der Waals surface area contributed by atoms with Crippen LogP contribution in [0.25, 0.3) is 5.95 Å². The third-order valence-corrected chi connectivity index (χ3v) is 4.53. The molecule has 3 aromatic rings. The summed E-state index contributed by atoms with van der Waals surface area (Å²) in [4.78, 5) is 24.9. The van der Waals surface area contributed by atoms with Crippen molar-refractivity contribution in [1.82, 2.24) is 30.0 Å². The van der Waals surface area contributed by atoms with Gasteiger partial charge in [-0.3, -0.25) is 4.79 Å². The highest BCUT2D eigenvalue weighted by Gasteiger charge is 2.34. The van der Waals surface area contributed by atoms with Crippen LogP contribution >= 0.6 is 0 Å². The molecule has 0 saturated heterocycles. The van der Waals surface area contributed by atoms with Crippen LogP contribution in [0.15, 0.2) is 43.0 Å². The summed E-state index contributed by atoms with van der Waals surface area (Å²) < 4.78 is 41.4. The Morgan fingerprint density at radius 2 is 1.77 bits per heavy atom. The number of rotatable bonds is 5. The van der Waals surface area contributed by atoms with Gasteiger partial charge in [0.1, 0.15) is 6.33 Å². The molecule has 0 aliphatic rings. The lowest BCUT2D eigenvalue weighted by atomic mass is 9.84. The van der Waals surface area contributed by atoms with Gasteiger partial charge < -0.3 is 5.32 Å². The van der Waals surface area contributed by atoms with E-state index in [0.717, 1.165) is 12.1 Å². The standard InChI is InChI=1S/C20H18F3N7O/c1-12(16-27-11-30(29-16)18-25-5-4-6-26-18)28-17(31)13-7-14(19(2,3)10-24)9-15(8-13)20(21,22)23/h4-9,11-12H,1-3H3,(H,28,31). The highest BCUT2D eigenvalue weighted by Crippen LogP contribution is 2.34. The number of hydrogen-bond donors (Lipinski definition) is 1. The number of carbonyl (C=O) groups excluding carboxylic acids is 1. The van der Waals surface area contributed by atoms with Gasteiger partial charge in [-0.2, -0.15) is 23.1 Å². The fraction of sp³-hybridized carbons (Fsp3) is 0.300. The number of amides is 1. The molecule has 0 spiro atoms. The van der Waals surface area contributed by atoms with Gasteiger partial charge in [0, 0.05) is 18.0 Å². The van der Waals surface area contributed by atoms with Crippen molar-refractivity contribution in [3.8, 4) is 12.0 Å². The van der Waals surface area contributed by atoms with Crippen LogP contribution in [0.4, 0.5) is 13.2 Å². The van der Waals surface area contributed by atoms with Crippen LogP contribution in [-0.2, 0) is 11.6 Å². The molecule has 0 saturated carbocycles. The average molecular weight is 429 g/mol. The molecule has 0 fully saturated rings. The Morgan fingerprint density at radius 1 is 1.13 bits per heavy atom. The van der Waals surface area contributed by atoms with Crippen LogP contribution in [-0.4, -0.2) is 30.6 Å². The number of nitrogens with zero attached hydrogens (tertiary/aromatic N) is 6. The Balaban J connectivity index is 1.87. The Labute approximate surface area is 175 Å². The van der Waals surface area contributed by atoms with Crippen molar-refractivity contribution in [1.29, 1.82) is 5.26 Å². The van der Waals surface area contributed by atoms with Crippen LogP contribution in [0.5, 0.6) is 0 Å². The fourth-order valence-corrected chi connectivity index (χ4v) is 2.67. The van der Waals surface area contributed by atoms with Crippen molar-refractivity contribution in [2.45, 2.75) is 38.4 Å². The maximum Gasteiger partial charge on any atom is 0.416 e. The van der Waals surface area contributed by atoms with E-state index in [1.807, 2.05) is 6.07 Å². The lowest BCUT2D eigenvalue weighted by Gasteiger charge is -2.20. The third-order valence-electron chi connectivity index (χ3n) is 4.53. The number of benzene rings is 1. The van der Waals surface area contributed by atoms with Crippen LogP contribution in [0.3, 0.4) is 0 Å². The highest BCUT2D eigenvalue weighted by atomic mass is 19.4. The van der Waals surface area contributed by atoms with Crippen molar-refractivity contribution in [3.63, 3.8) is 0 Å². The monoisotopic (exact) mass is 429 g/mol. The van der Waals surface area contributed by atoms with E-state index in [9.17, 15) is 23.2 Å². The van der Waals surface area contributed by atoms with Crippen LogP contribution < -0.4 is 5.32 Å². The minimum Gasteiger partial charge on any atom is -0.342 e. The Bertz CT molecular complexity index is 1130. The van der Waals surface area contributed by atoms with Crippen LogP contribution in [0.1, 0.15) is 54.1 Å². The second-order valence-electron chi connectivity index (χ2n) is 7.32. The Morgan fingerprint density at radius 3 is 2.39 bits per heavy atom. The van der Waals surface area contributed by atoms with Gasteiger partial charge in [0.25, 0.3) is 11.9 Å². The molecule has 1 amide bonds. The zero-order valence-corrected chi connectivity index (χ0v) is 16.8. The third kappa shape index (κ3) is 4.85. The number of nitrogens with one attached hydrogen (secondary N) is 1. The van der Waals surface area contributed by atoms with E-state index in [-0.39, 0.29) is 22.9 Å². The van der Waals surface area contributed by atoms with E-state index < -0.39 is 29.1 Å². The molecule has 11 heteroatoms. The van der Waals surface area contributed by atoms with Crippen LogP contribution in [0.2, 0.25) is 0 Å². The van der Waals surface area contributed by atoms with E-state index in [4.69, 9.17) is 0 Å². The van der Waals surface area contributed by atoms with Gasteiger partial charge in [0.05, 0.1) is 23.1 Å². The quantitative estimate of drug-likeness (QED) is 0.666. The molecule has 3 rings (SSSR count). The number of hydrogen-bond acceptors (Lipinski definition) is 6. The van der Waals surface area contributed by atoms with E-state index in [0.29, 0.717) is 0 Å². The maximum atomic E-state index is 13.3. The lowest BCUT2D eigenvalue weighted by molar-refractivity contribution is -0.137. The molecule has 0 aliphatic carbocycles. The maximum absolute atomic E-state index is 13.3. The molecule has 8 nitrogen and oxygen atoms in total. The van der Waals surface area contributed by atoms with Crippen molar-refractivity contribution < 1.29 is 18.0 Å². The molecule has 1 atom stereocenters. The second-order valence-corrected chi connectivity index (χ2v) is 7.32. The summed E-state index contributed by atoms with van der Waals surface area (Å²) in [6, 6.07) is 5.80. The molecule has 160 valence electrons. The minimum absolute atomic E-state index is 0.0891. The summed E-state index contributed by atoms with van der Waals surface area (Å²) in [6.07, 6.45) is -0.241. The molecule has 2 aromatic heterocycles. The van der Waals surface area contributed by atoms with Gasteiger partial charge in [-0.15, -0.1) is 5.10 Å². The van der Waals surface area contributed by atoms with Gasteiger partial charge in [-0.1, -0.05) is 0 Å². The highest BCUT2D eigenvalue weighted by molar-refractivity contribution is 5.95. The van der Waals surface area contributed by atoms with E-state index in [1.54, 1.807) is 13.0 Å². The number of aromatic nitrogens is 5. The molecular formula is C20H18F3N7O. The summed E-state index contributed by atoms with van der Waals surface area (Å²) in [5.41, 5.74) is -2.34. The zero-order chi connectivity index (χ0) is 22.8. The molecule has 0 radical (unpaired) electrons. The second kappa shape index (κ2) is 8.14. The van der Waals surface area contributed by atoms with E-state index >= 15 is 0 Å². The SMILES string of the molecule is CC(NC(=O)c1cc(C(F)(F)F)cc(C(C)(C)C#N)c1)c1ncn(-c2ncccn2)n1. The normalized spacial score (nSPS) is 12.8. The summed E-state index contributed by atoms with van der Waals surface area (Å²) in [5, 5.41) is 16.1. The zero-order valence-electron chi connectivity index (χ0n) is 16.8. The Kier molecular flexibility index (Phi) is 5.75. The lowest BCUT2D eigenvalue weighted by Crippen LogP contribution is -2.28. The van der Waals surface area contributed by atoms with Gasteiger partial charge in [-0.25, -0.2) is 15.0 Å². The van der Waals surface area contributed by atoms with Gasteiger partial charge in [-0.05, 0) is 50.6 Å². The first kappa shape index (κ1) is 21.9. The van der Waals surface area contributed by atoms with E-state index in [1.165, 1.54) is 43.3 Å². The van der Waals surface area contributed by atoms with Crippen LogP contribution in [0, 0.1) is 11.3 Å². The fourth-order valence-electron chi connectivity index (χ4n) is 2.67. The summed E-state index contributed by atoms with van der Waals surface area (Å²) in [6.45, 7) is 4.56. The number of nitriles is 1. The molecule has 1 aromatic carbocycles. The molecule has 0 aliphatic heterocycles. The summed E-state index contributed by atoms with van der Waals surface area (Å²) >= 11 is 0. The molecule has 31 heavy (non-hydrogen) atoms. The van der Waals surface area contributed by atoms with Gasteiger partial charge in [0.15, 0.2) is 5.82 Å². The predicted octanol–water partition coefficient (Wildman–Crippen LogP) is 3.37. The predicted molar refractivity (Wildman–Crippen MR) is 103 cm³/mol. The first-order valence-electron chi connectivity index (χ1n) is 9.15. The van der Waals surface area contributed by atoms with Gasteiger partial charge >= 0.3 is 6.18 Å². The first-order valence-corrected chi connectivity index (χ1v) is 9.15. The number of carbonyl (C=O) groups is 1. The topological polar surface area (TPSA) is 109 Å². The number of halogens is 3. The molecule has 0 bridgehead atoms. The Hall–Kier alpha value is -3.81. The van der Waals surface area contributed by atoms with Crippen molar-refractivity contribution in [3.05, 3.63) is 65.5 Å². The van der Waals surface area contributed by atoms with Crippen molar-refractivity contribution in [2.24, 2.45) is 0 Å². The van der Waals surface area contributed by atoms with Crippen molar-refractivity contribution >= 4 is 5.91 Å². The molecular weight excluding hydrogens is 411 g/mol. The summed E-state index contributed by atoms with van der Waals surface area (Å²) in [5.74, 6) is -0.243. The van der Waals surface area contributed by atoms with Crippen molar-refractivity contribution in [2.75, 3.05) is 0 Å². The largest absolute Gasteiger partial charge is 0.416 e. The smallest absolute Gasteiger partial charge is 0.342 e. The molecule has 1 N–H and O–H groups in total. The van der Waals surface area contributed by atoms with E-state index in [2.05, 4.69) is 25.4 Å². The molecule has 1 unspecified atom stereocenters. The average Bonchev–Trinajstić information content (AvgIpc) is 3.24. The number of alkyl halides is 3. The minimum atomic E-state index is -4.67. The summed E-state index contributed by atoms with van der Waals surface area (Å²) in [7, 11) is 0. The van der Waals surface area contributed by atoms with Gasteiger partial charge in [0.2, 0.25) is 0 Å². The molecule has 2 heterocycles. The first-order chi connectivity index (χ1) is 14.5.